The summed E-state index contributed by atoms with van der Waals surface area (Å²) >= 11 is 1.88. The number of benzene rings is 3. The second-order valence-corrected chi connectivity index (χ2v) is 8.17. The van der Waals surface area contributed by atoms with Crippen LogP contribution in [-0.2, 0) is 6.42 Å². The average Bonchev–Trinajstić information content (AvgIpc) is 2.66. The van der Waals surface area contributed by atoms with Gasteiger partial charge in [-0.2, -0.15) is 0 Å². The molecule has 0 radical (unpaired) electrons. The second kappa shape index (κ2) is 7.20. The van der Waals surface area contributed by atoms with E-state index >= 15 is 0 Å². The molecule has 0 saturated heterocycles. The predicted molar refractivity (Wildman–Crippen MR) is 113 cm³/mol. The maximum atomic E-state index is 2.43. The Bertz CT molecular complexity index is 945. The van der Waals surface area contributed by atoms with Gasteiger partial charge in [-0.15, -0.1) is 0 Å². The molecule has 0 fully saturated rings. The molecule has 0 aromatic heterocycles. The van der Waals surface area contributed by atoms with Crippen molar-refractivity contribution in [2.24, 2.45) is 0 Å². The lowest BCUT2D eigenvalue weighted by atomic mass is 10.0. The minimum Gasteiger partial charge on any atom is -0.308 e. The molecular weight excluding hydrogens is 334 g/mol. The summed E-state index contributed by atoms with van der Waals surface area (Å²) in [5, 5.41) is 0. The third kappa shape index (κ3) is 3.14. The van der Waals surface area contributed by atoms with Crippen LogP contribution in [0.25, 0.3) is 0 Å². The van der Waals surface area contributed by atoms with Gasteiger partial charge in [0.05, 0.1) is 11.4 Å². The smallest absolute Gasteiger partial charge is 0.0604 e. The third-order valence-electron chi connectivity index (χ3n) is 5.13. The Morgan fingerprint density at radius 3 is 2.46 bits per heavy atom. The molecule has 0 unspecified atom stereocenters. The van der Waals surface area contributed by atoms with Gasteiger partial charge in [0.2, 0.25) is 0 Å². The Kier molecular flexibility index (Phi) is 4.78. The van der Waals surface area contributed by atoms with Crippen molar-refractivity contribution < 1.29 is 0 Å². The number of para-hydroxylation sites is 1. The summed E-state index contributed by atoms with van der Waals surface area (Å²) in [4.78, 5) is 5.09. The van der Waals surface area contributed by atoms with Gasteiger partial charge in [0.25, 0.3) is 0 Å². The number of unbranched alkanes of at least 4 members (excludes halogenated alkanes) is 1. The summed E-state index contributed by atoms with van der Waals surface area (Å²) < 4.78 is 0. The van der Waals surface area contributed by atoms with Gasteiger partial charge < -0.3 is 4.90 Å². The highest BCUT2D eigenvalue weighted by molar-refractivity contribution is 7.99. The van der Waals surface area contributed by atoms with E-state index < -0.39 is 0 Å². The highest BCUT2D eigenvalue weighted by atomic mass is 32.2. The lowest BCUT2D eigenvalue weighted by molar-refractivity contribution is 0.795. The molecule has 0 saturated carbocycles. The first-order valence-electron chi connectivity index (χ1n) is 9.44. The number of fused-ring (bicyclic) bond motifs is 2. The summed E-state index contributed by atoms with van der Waals surface area (Å²) in [5.41, 5.74) is 7.95. The lowest BCUT2D eigenvalue weighted by Crippen LogP contribution is -2.15. The Labute approximate surface area is 161 Å². The second-order valence-electron chi connectivity index (χ2n) is 7.08. The third-order valence-corrected chi connectivity index (χ3v) is 6.24. The van der Waals surface area contributed by atoms with E-state index in [-0.39, 0.29) is 0 Å². The van der Waals surface area contributed by atoms with E-state index in [1.54, 1.807) is 0 Å². The summed E-state index contributed by atoms with van der Waals surface area (Å²) in [6, 6.07) is 22.5. The van der Waals surface area contributed by atoms with Crippen LogP contribution >= 0.6 is 11.8 Å². The molecule has 0 N–H and O–H groups in total. The highest BCUT2D eigenvalue weighted by Gasteiger charge is 2.25. The zero-order valence-corrected chi connectivity index (χ0v) is 16.6. The molecule has 4 rings (SSSR count). The molecule has 132 valence electrons. The first kappa shape index (κ1) is 17.2. The van der Waals surface area contributed by atoms with Crippen molar-refractivity contribution in [2.75, 3.05) is 4.90 Å². The molecule has 1 nitrogen and oxygen atoms in total. The Balaban J connectivity index is 1.87. The van der Waals surface area contributed by atoms with Gasteiger partial charge in [0, 0.05) is 15.5 Å². The van der Waals surface area contributed by atoms with E-state index in [4.69, 9.17) is 0 Å². The molecule has 0 amide bonds. The monoisotopic (exact) mass is 359 g/mol. The molecule has 1 aliphatic rings. The lowest BCUT2D eigenvalue weighted by Gasteiger charge is -2.33. The molecule has 3 aromatic carbocycles. The molecule has 3 aromatic rings. The maximum Gasteiger partial charge on any atom is 0.0604 e. The van der Waals surface area contributed by atoms with E-state index in [2.05, 4.69) is 86.3 Å². The molecule has 26 heavy (non-hydrogen) atoms. The van der Waals surface area contributed by atoms with Crippen molar-refractivity contribution in [1.29, 1.82) is 0 Å². The van der Waals surface area contributed by atoms with Crippen molar-refractivity contribution >= 4 is 28.8 Å². The van der Waals surface area contributed by atoms with Crippen LogP contribution in [0, 0.1) is 13.8 Å². The fraction of sp³-hybridized carbons (Fsp3) is 0.250. The van der Waals surface area contributed by atoms with Crippen molar-refractivity contribution in [3.63, 3.8) is 0 Å². The van der Waals surface area contributed by atoms with E-state index in [0.29, 0.717) is 0 Å². The summed E-state index contributed by atoms with van der Waals surface area (Å²) in [6.45, 7) is 6.66. The van der Waals surface area contributed by atoms with Crippen molar-refractivity contribution in [1.82, 2.24) is 0 Å². The standard InChI is InChI=1S/C24H25NS/c1-4-5-9-19-10-8-11-20(16-19)25-21-12-6-7-13-23(21)26-24-15-18(3)17(2)14-22(24)25/h6-8,10-16H,4-5,9H2,1-3H3. The average molecular weight is 360 g/mol. The summed E-state index contributed by atoms with van der Waals surface area (Å²) in [6.07, 6.45) is 3.62. The summed E-state index contributed by atoms with van der Waals surface area (Å²) in [5.74, 6) is 0. The molecule has 0 atom stereocenters. The minimum atomic E-state index is 1.15. The Morgan fingerprint density at radius 2 is 1.62 bits per heavy atom. The van der Waals surface area contributed by atoms with Crippen LogP contribution in [0.15, 0.2) is 70.5 Å². The van der Waals surface area contributed by atoms with Gasteiger partial charge in [-0.25, -0.2) is 0 Å². The topological polar surface area (TPSA) is 3.24 Å². The van der Waals surface area contributed by atoms with Crippen LogP contribution in [0.5, 0.6) is 0 Å². The van der Waals surface area contributed by atoms with Crippen LogP contribution in [-0.4, -0.2) is 0 Å². The molecule has 0 bridgehead atoms. The number of hydrogen-bond acceptors (Lipinski definition) is 2. The molecule has 0 spiro atoms. The number of aryl methyl sites for hydroxylation is 3. The Morgan fingerprint density at radius 1 is 0.808 bits per heavy atom. The molecule has 1 heterocycles. The van der Waals surface area contributed by atoms with Crippen molar-refractivity contribution in [3.05, 3.63) is 77.4 Å². The minimum absolute atomic E-state index is 1.15. The quantitative estimate of drug-likeness (QED) is 0.369. The van der Waals surface area contributed by atoms with Gasteiger partial charge >= 0.3 is 0 Å². The molecular formula is C24H25NS. The largest absolute Gasteiger partial charge is 0.308 e. The maximum absolute atomic E-state index is 2.43. The fourth-order valence-electron chi connectivity index (χ4n) is 3.52. The number of anilines is 3. The van der Waals surface area contributed by atoms with Gasteiger partial charge in [-0.05, 0) is 79.8 Å². The predicted octanol–water partition coefficient (Wildman–Crippen LogP) is 7.58. The van der Waals surface area contributed by atoms with Gasteiger partial charge in [-0.1, -0.05) is 49.4 Å². The van der Waals surface area contributed by atoms with Crippen LogP contribution in [0.4, 0.5) is 17.1 Å². The van der Waals surface area contributed by atoms with Gasteiger partial charge in [-0.3, -0.25) is 0 Å². The van der Waals surface area contributed by atoms with Crippen LogP contribution in [0.3, 0.4) is 0 Å². The van der Waals surface area contributed by atoms with E-state index in [0.717, 1.165) is 6.42 Å². The Hall–Kier alpha value is -2.19. The highest BCUT2D eigenvalue weighted by Crippen LogP contribution is 2.51. The zero-order valence-electron chi connectivity index (χ0n) is 15.8. The summed E-state index contributed by atoms with van der Waals surface area (Å²) in [7, 11) is 0. The van der Waals surface area contributed by atoms with Gasteiger partial charge in [0.1, 0.15) is 0 Å². The van der Waals surface area contributed by atoms with Crippen LogP contribution in [0.1, 0.15) is 36.5 Å². The first-order valence-corrected chi connectivity index (χ1v) is 10.3. The van der Waals surface area contributed by atoms with E-state index in [9.17, 15) is 0 Å². The molecule has 0 aliphatic carbocycles. The number of hydrogen-bond donors (Lipinski definition) is 0. The normalized spacial score (nSPS) is 12.7. The van der Waals surface area contributed by atoms with Crippen LogP contribution in [0.2, 0.25) is 0 Å². The fourth-order valence-corrected chi connectivity index (χ4v) is 4.66. The number of rotatable bonds is 4. The first-order chi connectivity index (χ1) is 12.7. The van der Waals surface area contributed by atoms with Crippen molar-refractivity contribution in [2.45, 2.75) is 49.8 Å². The van der Waals surface area contributed by atoms with Crippen LogP contribution < -0.4 is 4.90 Å². The number of nitrogens with zero attached hydrogens (tertiary/aromatic N) is 1. The molecule has 1 aliphatic heterocycles. The SMILES string of the molecule is CCCCc1cccc(N2c3ccccc3Sc3cc(C)c(C)cc32)c1. The van der Waals surface area contributed by atoms with Gasteiger partial charge in [0.15, 0.2) is 0 Å². The zero-order chi connectivity index (χ0) is 18.1. The molecule has 2 heteroatoms. The van der Waals surface area contributed by atoms with E-state index in [1.165, 1.54) is 56.4 Å². The van der Waals surface area contributed by atoms with E-state index in [1.807, 2.05) is 11.8 Å². The van der Waals surface area contributed by atoms with Crippen molar-refractivity contribution in [3.8, 4) is 0 Å².